The van der Waals surface area contributed by atoms with Gasteiger partial charge in [-0.3, -0.25) is 4.98 Å². The number of nitrogens with two attached hydrogens (primary N) is 1. The van der Waals surface area contributed by atoms with Crippen molar-refractivity contribution in [1.29, 1.82) is 0 Å². The van der Waals surface area contributed by atoms with Gasteiger partial charge < -0.3 is 11.1 Å². The van der Waals surface area contributed by atoms with E-state index in [9.17, 15) is 0 Å². The Bertz CT molecular complexity index is 468. The van der Waals surface area contributed by atoms with Crippen LogP contribution in [0.15, 0.2) is 48.8 Å². The van der Waals surface area contributed by atoms with Gasteiger partial charge >= 0.3 is 0 Å². The van der Waals surface area contributed by atoms with Gasteiger partial charge in [0.15, 0.2) is 0 Å². The number of nitrogens with zero attached hydrogens (tertiary/aromatic N) is 1. The fraction of sp³-hybridized carbons (Fsp3) is 0.214. The summed E-state index contributed by atoms with van der Waals surface area (Å²) in [5.74, 6) is 0. The first kappa shape index (κ1) is 11.6. The molecular weight excluding hydrogens is 210 g/mol. The van der Waals surface area contributed by atoms with E-state index in [-0.39, 0.29) is 6.04 Å². The van der Waals surface area contributed by atoms with Crippen molar-refractivity contribution in [1.82, 2.24) is 10.3 Å². The van der Waals surface area contributed by atoms with E-state index in [4.69, 9.17) is 5.73 Å². The normalized spacial score (nSPS) is 12.3. The molecule has 3 nitrogen and oxygen atoms in total. The zero-order chi connectivity index (χ0) is 12.1. The first-order valence-corrected chi connectivity index (χ1v) is 5.72. The highest BCUT2D eigenvalue weighted by Crippen LogP contribution is 2.20. The number of rotatable bonds is 4. The van der Waals surface area contributed by atoms with Gasteiger partial charge in [-0.05, 0) is 42.8 Å². The van der Waals surface area contributed by atoms with Gasteiger partial charge in [-0.25, -0.2) is 0 Å². The maximum Gasteiger partial charge on any atom is 0.0360 e. The number of hydrogen-bond acceptors (Lipinski definition) is 3. The van der Waals surface area contributed by atoms with Crippen LogP contribution in [-0.4, -0.2) is 12.0 Å². The molecule has 1 atom stereocenters. The highest BCUT2D eigenvalue weighted by molar-refractivity contribution is 5.47. The van der Waals surface area contributed by atoms with E-state index >= 15 is 0 Å². The lowest BCUT2D eigenvalue weighted by Crippen LogP contribution is -2.19. The maximum atomic E-state index is 5.96. The molecule has 3 heteroatoms. The minimum absolute atomic E-state index is 0.266. The van der Waals surface area contributed by atoms with Crippen molar-refractivity contribution in [2.24, 2.45) is 0 Å². The number of benzene rings is 1. The fourth-order valence-electron chi connectivity index (χ4n) is 1.92. The molecule has 2 rings (SSSR count). The Labute approximate surface area is 102 Å². The monoisotopic (exact) mass is 227 g/mol. The van der Waals surface area contributed by atoms with E-state index in [1.807, 2.05) is 49.8 Å². The summed E-state index contributed by atoms with van der Waals surface area (Å²) in [6, 6.07) is 12.3. The number of nitrogens with one attached hydrogen (secondary N) is 1. The average Bonchev–Trinajstić information content (AvgIpc) is 2.39. The maximum absolute atomic E-state index is 5.96. The fourth-order valence-corrected chi connectivity index (χ4v) is 1.92. The highest BCUT2D eigenvalue weighted by atomic mass is 14.9. The number of nitrogen functional groups attached to an aromatic ring is 1. The molecule has 0 bridgehead atoms. The van der Waals surface area contributed by atoms with Crippen molar-refractivity contribution in [2.45, 2.75) is 12.5 Å². The Morgan fingerprint density at radius 3 is 2.53 bits per heavy atom. The second kappa shape index (κ2) is 5.46. The van der Waals surface area contributed by atoms with Crippen LogP contribution in [0.3, 0.4) is 0 Å². The molecule has 1 unspecified atom stereocenters. The van der Waals surface area contributed by atoms with Crippen molar-refractivity contribution in [3.63, 3.8) is 0 Å². The zero-order valence-corrected chi connectivity index (χ0v) is 9.93. The van der Waals surface area contributed by atoms with Crippen LogP contribution < -0.4 is 11.1 Å². The molecule has 0 aliphatic rings. The van der Waals surface area contributed by atoms with Gasteiger partial charge in [0.05, 0.1) is 0 Å². The topological polar surface area (TPSA) is 50.9 Å². The molecule has 1 heterocycles. The number of aromatic nitrogens is 1. The number of anilines is 1. The van der Waals surface area contributed by atoms with Crippen LogP contribution >= 0.6 is 0 Å². The van der Waals surface area contributed by atoms with E-state index < -0.39 is 0 Å². The van der Waals surface area contributed by atoms with Gasteiger partial charge in [0.1, 0.15) is 0 Å². The largest absolute Gasteiger partial charge is 0.399 e. The Balaban J connectivity index is 2.19. The van der Waals surface area contributed by atoms with Crippen LogP contribution in [0.25, 0.3) is 0 Å². The summed E-state index contributed by atoms with van der Waals surface area (Å²) in [7, 11) is 1.96. The minimum Gasteiger partial charge on any atom is -0.399 e. The first-order chi connectivity index (χ1) is 8.31. The molecule has 0 aliphatic heterocycles. The van der Waals surface area contributed by atoms with Crippen LogP contribution in [0.2, 0.25) is 0 Å². The lowest BCUT2D eigenvalue weighted by molar-refractivity contribution is 0.592. The standard InChI is InChI=1S/C14H17N3/c1-16-14(11-6-8-17-9-7-11)10-12-4-2-3-5-13(12)15/h2-9,14,16H,10,15H2,1H3. The van der Waals surface area contributed by atoms with Gasteiger partial charge in [0, 0.05) is 24.1 Å². The molecule has 0 aliphatic carbocycles. The van der Waals surface area contributed by atoms with Crippen LogP contribution in [0.1, 0.15) is 17.2 Å². The highest BCUT2D eigenvalue weighted by Gasteiger charge is 2.10. The van der Waals surface area contributed by atoms with Gasteiger partial charge in [0.2, 0.25) is 0 Å². The molecule has 17 heavy (non-hydrogen) atoms. The summed E-state index contributed by atoms with van der Waals surface area (Å²) >= 11 is 0. The molecule has 0 spiro atoms. The summed E-state index contributed by atoms with van der Waals surface area (Å²) < 4.78 is 0. The SMILES string of the molecule is CNC(Cc1ccccc1N)c1ccncc1. The van der Waals surface area contributed by atoms with E-state index in [1.54, 1.807) is 0 Å². The first-order valence-electron chi connectivity index (χ1n) is 5.72. The molecule has 88 valence electrons. The summed E-state index contributed by atoms with van der Waals surface area (Å²) in [6.45, 7) is 0. The van der Waals surface area contributed by atoms with E-state index in [2.05, 4.69) is 16.4 Å². The van der Waals surface area contributed by atoms with Crippen molar-refractivity contribution < 1.29 is 0 Å². The summed E-state index contributed by atoms with van der Waals surface area (Å²) in [6.07, 6.45) is 4.51. The number of pyridine rings is 1. The van der Waals surface area contributed by atoms with Crippen LogP contribution in [-0.2, 0) is 6.42 Å². The summed E-state index contributed by atoms with van der Waals surface area (Å²) in [4.78, 5) is 4.03. The molecular formula is C14H17N3. The van der Waals surface area contributed by atoms with E-state index in [1.165, 1.54) is 11.1 Å². The smallest absolute Gasteiger partial charge is 0.0360 e. The quantitative estimate of drug-likeness (QED) is 0.787. The molecule has 0 saturated heterocycles. The Morgan fingerprint density at radius 1 is 1.18 bits per heavy atom. The predicted molar refractivity (Wildman–Crippen MR) is 70.6 cm³/mol. The molecule has 3 N–H and O–H groups in total. The van der Waals surface area contributed by atoms with Crippen molar-refractivity contribution in [3.05, 3.63) is 59.9 Å². The van der Waals surface area contributed by atoms with Crippen LogP contribution in [0.5, 0.6) is 0 Å². The molecule has 0 amide bonds. The molecule has 1 aromatic carbocycles. The molecule has 0 fully saturated rings. The molecule has 2 aromatic rings. The number of hydrogen-bond donors (Lipinski definition) is 2. The minimum atomic E-state index is 0.266. The van der Waals surface area contributed by atoms with Crippen LogP contribution in [0.4, 0.5) is 5.69 Å². The van der Waals surface area contributed by atoms with Gasteiger partial charge in [-0.2, -0.15) is 0 Å². The Morgan fingerprint density at radius 2 is 1.88 bits per heavy atom. The lowest BCUT2D eigenvalue weighted by atomic mass is 9.99. The van der Waals surface area contributed by atoms with Gasteiger partial charge in [-0.15, -0.1) is 0 Å². The number of likely N-dealkylation sites (N-methyl/N-ethyl adjacent to an activating group) is 1. The van der Waals surface area contributed by atoms with Crippen LogP contribution in [0, 0.1) is 0 Å². The Hall–Kier alpha value is -1.87. The van der Waals surface area contributed by atoms with Gasteiger partial charge in [0.25, 0.3) is 0 Å². The van der Waals surface area contributed by atoms with Crippen molar-refractivity contribution in [2.75, 3.05) is 12.8 Å². The third-order valence-electron chi connectivity index (χ3n) is 2.94. The average molecular weight is 227 g/mol. The third kappa shape index (κ3) is 2.82. The van der Waals surface area contributed by atoms with Crippen molar-refractivity contribution in [3.8, 4) is 0 Å². The second-order valence-electron chi connectivity index (χ2n) is 4.02. The molecule has 1 aromatic heterocycles. The third-order valence-corrected chi connectivity index (χ3v) is 2.94. The zero-order valence-electron chi connectivity index (χ0n) is 9.93. The van der Waals surface area contributed by atoms with Crippen molar-refractivity contribution >= 4 is 5.69 Å². The summed E-state index contributed by atoms with van der Waals surface area (Å²) in [5.41, 5.74) is 9.21. The van der Waals surface area contributed by atoms with E-state index in [0.29, 0.717) is 0 Å². The number of para-hydroxylation sites is 1. The summed E-state index contributed by atoms with van der Waals surface area (Å²) in [5, 5.41) is 3.31. The molecule has 0 saturated carbocycles. The van der Waals surface area contributed by atoms with Gasteiger partial charge in [-0.1, -0.05) is 18.2 Å². The second-order valence-corrected chi connectivity index (χ2v) is 4.02. The lowest BCUT2D eigenvalue weighted by Gasteiger charge is -2.17. The Kier molecular flexibility index (Phi) is 3.73. The predicted octanol–water partition coefficient (Wildman–Crippen LogP) is 2.17. The van der Waals surface area contributed by atoms with E-state index in [0.717, 1.165) is 12.1 Å². The molecule has 0 radical (unpaired) electrons.